The van der Waals surface area contributed by atoms with E-state index < -0.39 is 11.9 Å². The van der Waals surface area contributed by atoms with E-state index in [1.54, 1.807) is 55.5 Å². The summed E-state index contributed by atoms with van der Waals surface area (Å²) in [6.07, 6.45) is 1.26. The van der Waals surface area contributed by atoms with Crippen LogP contribution in [0.3, 0.4) is 0 Å². The summed E-state index contributed by atoms with van der Waals surface area (Å²) in [6.45, 7) is 2.02. The van der Waals surface area contributed by atoms with Crippen LogP contribution in [-0.2, 0) is 4.74 Å². The van der Waals surface area contributed by atoms with Gasteiger partial charge < -0.3 is 15.4 Å². The Morgan fingerprint density at radius 1 is 1.10 bits per heavy atom. The van der Waals surface area contributed by atoms with Crippen molar-refractivity contribution in [3.8, 4) is 6.07 Å². The Kier molecular flexibility index (Phi) is 6.12. The lowest BCUT2D eigenvalue weighted by Gasteiger charge is -2.09. The van der Waals surface area contributed by atoms with Gasteiger partial charge in [0, 0.05) is 11.8 Å². The van der Waals surface area contributed by atoms with E-state index in [1.165, 1.54) is 12.4 Å². The molecule has 8 heteroatoms. The second-order valence-electron chi connectivity index (χ2n) is 5.82. The molecule has 1 heterocycles. The van der Waals surface area contributed by atoms with Gasteiger partial charge in [-0.2, -0.15) is 5.26 Å². The number of para-hydroxylation sites is 1. The van der Waals surface area contributed by atoms with Crippen molar-refractivity contribution in [3.05, 3.63) is 77.7 Å². The molecule has 1 amide bonds. The third-order valence-electron chi connectivity index (χ3n) is 3.86. The predicted octanol–water partition coefficient (Wildman–Crippen LogP) is 3.52. The number of carbonyl (C=O) groups excluding carboxylic acids is 2. The number of hydrogen-bond acceptors (Lipinski definition) is 7. The lowest BCUT2D eigenvalue weighted by molar-refractivity contribution is 0.0526. The first kappa shape index (κ1) is 19.5. The van der Waals surface area contributed by atoms with Crippen molar-refractivity contribution < 1.29 is 14.3 Å². The average molecular weight is 387 g/mol. The van der Waals surface area contributed by atoms with Gasteiger partial charge in [-0.25, -0.2) is 14.8 Å². The third kappa shape index (κ3) is 4.93. The van der Waals surface area contributed by atoms with Crippen LogP contribution >= 0.6 is 0 Å². The maximum absolute atomic E-state index is 12.5. The Hall–Kier alpha value is -4.25. The Labute approximate surface area is 167 Å². The molecule has 0 bridgehead atoms. The quantitative estimate of drug-likeness (QED) is 0.621. The zero-order valence-electron chi connectivity index (χ0n) is 15.5. The largest absolute Gasteiger partial charge is 0.462 e. The van der Waals surface area contributed by atoms with Gasteiger partial charge in [0.25, 0.3) is 5.91 Å². The van der Waals surface area contributed by atoms with E-state index in [4.69, 9.17) is 4.74 Å². The van der Waals surface area contributed by atoms with E-state index in [2.05, 4.69) is 26.7 Å². The van der Waals surface area contributed by atoms with Crippen molar-refractivity contribution >= 4 is 29.1 Å². The topological polar surface area (TPSA) is 117 Å². The van der Waals surface area contributed by atoms with Gasteiger partial charge in [-0.1, -0.05) is 12.1 Å². The average Bonchev–Trinajstić information content (AvgIpc) is 2.75. The molecule has 0 spiro atoms. The second-order valence-corrected chi connectivity index (χ2v) is 5.82. The predicted molar refractivity (Wildman–Crippen MR) is 107 cm³/mol. The van der Waals surface area contributed by atoms with E-state index >= 15 is 0 Å². The van der Waals surface area contributed by atoms with Crippen molar-refractivity contribution in [2.45, 2.75) is 6.92 Å². The van der Waals surface area contributed by atoms with Crippen molar-refractivity contribution in [1.29, 1.82) is 5.26 Å². The summed E-state index contributed by atoms with van der Waals surface area (Å²) in [6, 6.07) is 16.9. The molecule has 0 saturated heterocycles. The van der Waals surface area contributed by atoms with E-state index in [0.29, 0.717) is 34.9 Å². The van der Waals surface area contributed by atoms with Gasteiger partial charge in [0.1, 0.15) is 23.9 Å². The maximum Gasteiger partial charge on any atom is 0.338 e. The summed E-state index contributed by atoms with van der Waals surface area (Å²) >= 11 is 0. The van der Waals surface area contributed by atoms with E-state index in [0.717, 1.165) is 0 Å². The highest BCUT2D eigenvalue weighted by Crippen LogP contribution is 2.19. The number of amides is 1. The highest BCUT2D eigenvalue weighted by atomic mass is 16.5. The number of nitrogens with zero attached hydrogens (tertiary/aromatic N) is 3. The van der Waals surface area contributed by atoms with Crippen LogP contribution in [-0.4, -0.2) is 28.5 Å². The number of rotatable bonds is 6. The molecule has 2 aromatic carbocycles. The molecule has 0 aliphatic carbocycles. The van der Waals surface area contributed by atoms with Crippen LogP contribution in [0.4, 0.5) is 17.2 Å². The molecule has 8 nitrogen and oxygen atoms in total. The summed E-state index contributed by atoms with van der Waals surface area (Å²) in [5, 5.41) is 14.9. The molecule has 144 valence electrons. The van der Waals surface area contributed by atoms with Crippen LogP contribution in [0.15, 0.2) is 60.9 Å². The number of anilines is 3. The van der Waals surface area contributed by atoms with Gasteiger partial charge in [-0.15, -0.1) is 0 Å². The number of carbonyl (C=O) groups is 2. The third-order valence-corrected chi connectivity index (χ3v) is 3.86. The molecular weight excluding hydrogens is 370 g/mol. The second kappa shape index (κ2) is 9.10. The molecular formula is C21H17N5O3. The number of hydrogen-bond donors (Lipinski definition) is 2. The van der Waals surface area contributed by atoms with Crippen molar-refractivity contribution in [1.82, 2.24) is 9.97 Å². The molecule has 3 aromatic rings. The summed E-state index contributed by atoms with van der Waals surface area (Å²) in [5.74, 6) is -0.479. The minimum absolute atomic E-state index is 0.145. The first-order chi connectivity index (χ1) is 14.1. The van der Waals surface area contributed by atoms with Crippen LogP contribution in [0.5, 0.6) is 0 Å². The molecule has 0 saturated carbocycles. The van der Waals surface area contributed by atoms with Crippen LogP contribution in [0.1, 0.15) is 33.3 Å². The molecule has 29 heavy (non-hydrogen) atoms. The Morgan fingerprint density at radius 2 is 1.86 bits per heavy atom. The van der Waals surface area contributed by atoms with Gasteiger partial charge in [0.2, 0.25) is 0 Å². The number of esters is 1. The Balaban J connectivity index is 1.71. The minimum atomic E-state index is -0.437. The standard InChI is InChI=1S/C21H17N5O3/c1-2-29-21(28)14-7-9-16(10-8-14)25-20(27)18-11-19(24-13-23-18)26-17-6-4-3-5-15(17)12-22/h3-11,13H,2H2,1H3,(H,25,27)(H,23,24,26). The molecule has 0 unspecified atom stereocenters. The number of aromatic nitrogens is 2. The van der Waals surface area contributed by atoms with Gasteiger partial charge in [0.15, 0.2) is 0 Å². The molecule has 1 aromatic heterocycles. The van der Waals surface area contributed by atoms with Gasteiger partial charge in [0.05, 0.1) is 23.4 Å². The van der Waals surface area contributed by atoms with E-state index in [1.807, 2.05) is 0 Å². The Bertz CT molecular complexity index is 1070. The molecule has 0 atom stereocenters. The molecule has 0 radical (unpaired) electrons. The smallest absolute Gasteiger partial charge is 0.338 e. The lowest BCUT2D eigenvalue weighted by atomic mass is 10.2. The zero-order valence-corrected chi connectivity index (χ0v) is 15.5. The first-order valence-corrected chi connectivity index (χ1v) is 8.77. The summed E-state index contributed by atoms with van der Waals surface area (Å²) in [4.78, 5) is 32.2. The number of benzene rings is 2. The fourth-order valence-electron chi connectivity index (χ4n) is 2.48. The van der Waals surface area contributed by atoms with Crippen molar-refractivity contribution in [2.75, 3.05) is 17.2 Å². The molecule has 3 rings (SSSR count). The monoisotopic (exact) mass is 387 g/mol. The van der Waals surface area contributed by atoms with Crippen LogP contribution in [0.25, 0.3) is 0 Å². The normalized spacial score (nSPS) is 9.93. The first-order valence-electron chi connectivity index (χ1n) is 8.77. The van der Waals surface area contributed by atoms with Gasteiger partial charge >= 0.3 is 5.97 Å². The fourth-order valence-corrected chi connectivity index (χ4v) is 2.48. The number of ether oxygens (including phenoxy) is 1. The molecule has 0 aliphatic heterocycles. The van der Waals surface area contributed by atoms with E-state index in [-0.39, 0.29) is 5.69 Å². The molecule has 2 N–H and O–H groups in total. The summed E-state index contributed by atoms with van der Waals surface area (Å²) < 4.78 is 4.93. The highest BCUT2D eigenvalue weighted by molar-refractivity contribution is 6.03. The van der Waals surface area contributed by atoms with Crippen LogP contribution in [0, 0.1) is 11.3 Å². The number of nitrogens with one attached hydrogen (secondary N) is 2. The Morgan fingerprint density at radius 3 is 2.59 bits per heavy atom. The summed E-state index contributed by atoms with van der Waals surface area (Å²) in [7, 11) is 0. The highest BCUT2D eigenvalue weighted by Gasteiger charge is 2.11. The minimum Gasteiger partial charge on any atom is -0.462 e. The molecule has 0 aliphatic rings. The van der Waals surface area contributed by atoms with E-state index in [9.17, 15) is 14.9 Å². The molecule has 0 fully saturated rings. The summed E-state index contributed by atoms with van der Waals surface area (Å²) in [5.41, 5.74) is 2.08. The van der Waals surface area contributed by atoms with Gasteiger partial charge in [-0.05, 0) is 43.3 Å². The fraction of sp³-hybridized carbons (Fsp3) is 0.0952. The zero-order chi connectivity index (χ0) is 20.6. The van der Waals surface area contributed by atoms with Crippen molar-refractivity contribution in [2.24, 2.45) is 0 Å². The van der Waals surface area contributed by atoms with Crippen LogP contribution in [0.2, 0.25) is 0 Å². The van der Waals surface area contributed by atoms with Crippen molar-refractivity contribution in [3.63, 3.8) is 0 Å². The number of nitriles is 1. The van der Waals surface area contributed by atoms with Crippen LogP contribution < -0.4 is 10.6 Å². The maximum atomic E-state index is 12.5. The SMILES string of the molecule is CCOC(=O)c1ccc(NC(=O)c2cc(Nc3ccccc3C#N)ncn2)cc1. The lowest BCUT2D eigenvalue weighted by Crippen LogP contribution is -2.14. The van der Waals surface area contributed by atoms with Gasteiger partial charge in [-0.3, -0.25) is 4.79 Å².